The van der Waals surface area contributed by atoms with Gasteiger partial charge in [-0.3, -0.25) is 19.5 Å². The van der Waals surface area contributed by atoms with Crippen LogP contribution in [0.2, 0.25) is 0 Å². The Hall–Kier alpha value is -3.35. The van der Waals surface area contributed by atoms with Crippen LogP contribution in [0.15, 0.2) is 24.4 Å². The van der Waals surface area contributed by atoms with Crippen LogP contribution in [0.5, 0.6) is 0 Å². The lowest BCUT2D eigenvalue weighted by Crippen LogP contribution is -2.35. The van der Waals surface area contributed by atoms with Gasteiger partial charge in [-0.2, -0.15) is 5.26 Å². The first-order valence-electron chi connectivity index (χ1n) is 11.9. The molecule has 5 heterocycles. The largest absolute Gasteiger partial charge is 0.379 e. The van der Waals surface area contributed by atoms with Gasteiger partial charge >= 0.3 is 0 Å². The van der Waals surface area contributed by atoms with Gasteiger partial charge in [-0.05, 0) is 43.5 Å². The van der Waals surface area contributed by atoms with Crippen molar-refractivity contribution in [2.75, 3.05) is 18.4 Å². The van der Waals surface area contributed by atoms with Crippen LogP contribution in [0.4, 0.5) is 5.69 Å². The molecule has 2 amide bonds. The highest BCUT2D eigenvalue weighted by Gasteiger charge is 2.72. The lowest BCUT2D eigenvalue weighted by atomic mass is 10.0. The van der Waals surface area contributed by atoms with Gasteiger partial charge in [0.05, 0.1) is 40.0 Å². The molecule has 3 unspecified atom stereocenters. The van der Waals surface area contributed by atoms with Crippen LogP contribution in [0, 0.1) is 35.5 Å². The van der Waals surface area contributed by atoms with Crippen LogP contribution in [0.25, 0.3) is 21.3 Å². The van der Waals surface area contributed by atoms with Crippen LogP contribution >= 0.6 is 11.3 Å². The fourth-order valence-electron chi connectivity index (χ4n) is 5.70. The Labute approximate surface area is 207 Å². The van der Waals surface area contributed by atoms with E-state index in [0.717, 1.165) is 57.1 Å². The molecule has 1 saturated carbocycles. The summed E-state index contributed by atoms with van der Waals surface area (Å²) in [6, 6.07) is 8.22. The number of hydrogen-bond acceptors (Lipinski definition) is 8. The first kappa shape index (κ1) is 22.1. The van der Waals surface area contributed by atoms with Gasteiger partial charge in [-0.25, -0.2) is 4.98 Å². The monoisotopic (exact) mass is 486 g/mol. The molecule has 3 aromatic rings. The van der Waals surface area contributed by atoms with E-state index >= 15 is 0 Å². The summed E-state index contributed by atoms with van der Waals surface area (Å²) in [4.78, 5) is 37.0. The Morgan fingerprint density at radius 2 is 2.03 bits per heavy atom. The number of rotatable bonds is 5. The Kier molecular flexibility index (Phi) is 4.95. The van der Waals surface area contributed by atoms with Crippen molar-refractivity contribution in [1.82, 2.24) is 20.2 Å². The summed E-state index contributed by atoms with van der Waals surface area (Å²) in [6.45, 7) is 8.03. The molecule has 0 spiro atoms. The Bertz CT molecular complexity index is 1410. The van der Waals surface area contributed by atoms with Crippen molar-refractivity contribution < 1.29 is 9.59 Å². The summed E-state index contributed by atoms with van der Waals surface area (Å²) in [5.41, 5.74) is 4.55. The molecule has 0 bridgehead atoms. The van der Waals surface area contributed by atoms with Gasteiger partial charge in [0, 0.05) is 34.8 Å². The zero-order valence-corrected chi connectivity index (χ0v) is 20.7. The first-order valence-corrected chi connectivity index (χ1v) is 12.7. The predicted octanol–water partition coefficient (Wildman–Crippen LogP) is 3.45. The number of carbonyl (C=O) groups is 2. The molecule has 0 aromatic carbocycles. The fourth-order valence-corrected chi connectivity index (χ4v) is 6.83. The quantitative estimate of drug-likeness (QED) is 0.531. The van der Waals surface area contributed by atoms with E-state index < -0.39 is 0 Å². The highest BCUT2D eigenvalue weighted by molar-refractivity contribution is 7.19. The maximum atomic E-state index is 12.8. The average molecular weight is 487 g/mol. The molecular formula is C26H26N6O2S. The van der Waals surface area contributed by atoms with Gasteiger partial charge in [0.2, 0.25) is 11.8 Å². The number of aromatic nitrogens is 2. The fraction of sp³-hybridized carbons (Fsp3) is 0.423. The Morgan fingerprint density at radius 3 is 2.71 bits per heavy atom. The molecule has 6 rings (SSSR count). The number of piperidine rings is 1. The highest BCUT2D eigenvalue weighted by Crippen LogP contribution is 2.63. The molecule has 178 valence electrons. The highest BCUT2D eigenvalue weighted by atomic mass is 32.1. The van der Waals surface area contributed by atoms with E-state index in [1.807, 2.05) is 39.0 Å². The number of anilines is 1. The van der Waals surface area contributed by atoms with Crippen molar-refractivity contribution in [3.63, 3.8) is 0 Å². The molecule has 3 fully saturated rings. The summed E-state index contributed by atoms with van der Waals surface area (Å²) in [6.07, 6.45) is 2.78. The van der Waals surface area contributed by atoms with Crippen molar-refractivity contribution in [2.24, 2.45) is 17.3 Å². The number of fused-ring (bicyclic) bond motifs is 2. The SMILES string of the molecule is Cc1nc(C#N)cc(-c2ccnc3cc(CN4C(=O)C5C(C4=O)C5(C)C)sc23)c1NC1CCNC1. The van der Waals surface area contributed by atoms with Crippen LogP contribution in [0.1, 0.15) is 36.5 Å². The summed E-state index contributed by atoms with van der Waals surface area (Å²) in [7, 11) is 0. The summed E-state index contributed by atoms with van der Waals surface area (Å²) in [5, 5.41) is 16.6. The number of nitrogens with one attached hydrogen (secondary N) is 2. The molecule has 3 aliphatic rings. The van der Waals surface area contributed by atoms with E-state index in [1.54, 1.807) is 17.5 Å². The Balaban J connectivity index is 1.38. The lowest BCUT2D eigenvalue weighted by Gasteiger charge is -2.19. The number of imide groups is 1. The summed E-state index contributed by atoms with van der Waals surface area (Å²) in [5.74, 6) is -0.478. The van der Waals surface area contributed by atoms with Crippen LogP contribution in [-0.2, 0) is 16.1 Å². The maximum absolute atomic E-state index is 12.8. The van der Waals surface area contributed by atoms with Crippen molar-refractivity contribution >= 4 is 39.1 Å². The zero-order chi connectivity index (χ0) is 24.5. The van der Waals surface area contributed by atoms with E-state index in [-0.39, 0.29) is 35.6 Å². The minimum atomic E-state index is -0.213. The molecule has 1 aliphatic carbocycles. The molecule has 8 nitrogen and oxygen atoms in total. The van der Waals surface area contributed by atoms with Crippen LogP contribution < -0.4 is 10.6 Å². The predicted molar refractivity (Wildman–Crippen MR) is 134 cm³/mol. The zero-order valence-electron chi connectivity index (χ0n) is 19.9. The van der Waals surface area contributed by atoms with Crippen molar-refractivity contribution in [2.45, 2.75) is 39.8 Å². The number of amides is 2. The van der Waals surface area contributed by atoms with Crippen LogP contribution in [-0.4, -0.2) is 45.8 Å². The maximum Gasteiger partial charge on any atom is 0.234 e. The molecule has 2 saturated heterocycles. The molecule has 0 radical (unpaired) electrons. The molecule has 35 heavy (non-hydrogen) atoms. The topological polar surface area (TPSA) is 111 Å². The lowest BCUT2D eigenvalue weighted by molar-refractivity contribution is -0.143. The number of nitriles is 1. The number of hydrogen-bond donors (Lipinski definition) is 2. The number of likely N-dealkylation sites (tertiary alicyclic amines) is 1. The van der Waals surface area contributed by atoms with Gasteiger partial charge in [-0.15, -0.1) is 11.3 Å². The minimum Gasteiger partial charge on any atom is -0.379 e. The third kappa shape index (κ3) is 3.43. The number of nitrogens with zero attached hydrogens (tertiary/aromatic N) is 4. The second kappa shape index (κ2) is 7.83. The average Bonchev–Trinajstić information content (AvgIpc) is 3.29. The third-order valence-electron chi connectivity index (χ3n) is 7.68. The van der Waals surface area contributed by atoms with Crippen molar-refractivity contribution in [1.29, 1.82) is 5.26 Å². The van der Waals surface area contributed by atoms with E-state index in [2.05, 4.69) is 26.7 Å². The number of carbonyl (C=O) groups excluding carboxylic acids is 2. The molecule has 3 atom stereocenters. The normalized spacial score (nSPS) is 24.6. The Morgan fingerprint density at radius 1 is 1.26 bits per heavy atom. The number of pyridine rings is 2. The smallest absolute Gasteiger partial charge is 0.234 e. The molecule has 2 aliphatic heterocycles. The summed E-state index contributed by atoms with van der Waals surface area (Å²) < 4.78 is 0.967. The van der Waals surface area contributed by atoms with Crippen molar-refractivity contribution in [3.05, 3.63) is 40.7 Å². The molecule has 9 heteroatoms. The number of thiophene rings is 1. The van der Waals surface area contributed by atoms with Crippen LogP contribution in [0.3, 0.4) is 0 Å². The van der Waals surface area contributed by atoms with Gasteiger partial charge < -0.3 is 10.6 Å². The van der Waals surface area contributed by atoms with Gasteiger partial charge in [0.25, 0.3) is 0 Å². The number of aryl methyl sites for hydroxylation is 1. The van der Waals surface area contributed by atoms with Gasteiger partial charge in [-0.1, -0.05) is 13.8 Å². The van der Waals surface area contributed by atoms with E-state index in [1.165, 1.54) is 4.90 Å². The first-order chi connectivity index (χ1) is 16.8. The van der Waals surface area contributed by atoms with Gasteiger partial charge in [0.15, 0.2) is 0 Å². The second-order valence-electron chi connectivity index (χ2n) is 10.3. The van der Waals surface area contributed by atoms with Crippen molar-refractivity contribution in [3.8, 4) is 17.2 Å². The van der Waals surface area contributed by atoms with E-state index in [0.29, 0.717) is 11.7 Å². The van der Waals surface area contributed by atoms with Gasteiger partial charge in [0.1, 0.15) is 11.8 Å². The van der Waals surface area contributed by atoms with E-state index in [4.69, 9.17) is 0 Å². The second-order valence-corrected chi connectivity index (χ2v) is 11.4. The standard InChI is InChI=1S/C26H26N6O2S/c1-13-22(31-14-4-6-28-11-14)18(8-15(10-27)30-13)17-5-7-29-19-9-16(35-23(17)19)12-32-24(33)20-21(25(32)34)26(20,2)3/h5,7-9,14,20-21,28,31H,4,6,11-12H2,1-3H3. The summed E-state index contributed by atoms with van der Waals surface area (Å²) >= 11 is 1.54. The third-order valence-corrected chi connectivity index (χ3v) is 8.82. The molecule has 2 N–H and O–H groups in total. The molecular weight excluding hydrogens is 460 g/mol. The van der Waals surface area contributed by atoms with E-state index in [9.17, 15) is 14.9 Å². The minimum absolute atomic E-state index is 0.0595. The molecule has 3 aromatic heterocycles.